The van der Waals surface area contributed by atoms with Gasteiger partial charge in [-0.05, 0) is 30.9 Å². The van der Waals surface area contributed by atoms with E-state index < -0.39 is 18.8 Å². The van der Waals surface area contributed by atoms with Gasteiger partial charge in [0.25, 0.3) is 0 Å². The highest BCUT2D eigenvalue weighted by molar-refractivity contribution is 5.89. The van der Waals surface area contributed by atoms with Crippen molar-refractivity contribution < 1.29 is 23.5 Å². The van der Waals surface area contributed by atoms with Gasteiger partial charge in [0, 0.05) is 24.5 Å². The number of amides is 2. The van der Waals surface area contributed by atoms with Gasteiger partial charge < -0.3 is 25.1 Å². The van der Waals surface area contributed by atoms with Crippen molar-refractivity contribution in [3.63, 3.8) is 0 Å². The van der Waals surface area contributed by atoms with Crippen LogP contribution in [0.1, 0.15) is 12.8 Å². The van der Waals surface area contributed by atoms with Crippen molar-refractivity contribution in [2.75, 3.05) is 36.6 Å². The standard InChI is InChI=1S/C19H21FN4O3.CH3NO/c20-8-14-11-27-19(25)24(14)17-10-23-5-6-26-16-7-13(21-9-12-1-2-12)3-4-15(16)18(23)22-17;2-1-3/h3-4,7,10,12,14,21H,1-2,5-6,8-9,11H2;1H,(H2,2,3)/t14-;/m1./s1. The van der Waals surface area contributed by atoms with Gasteiger partial charge in [0.05, 0.1) is 12.1 Å². The number of alkyl halides is 1. The fourth-order valence-electron chi connectivity index (χ4n) is 3.53. The summed E-state index contributed by atoms with van der Waals surface area (Å²) in [5.41, 5.74) is 6.06. The Bertz CT molecular complexity index is 930. The number of cyclic esters (lactones) is 1. The van der Waals surface area contributed by atoms with Crippen LogP contribution in [0.25, 0.3) is 11.4 Å². The smallest absolute Gasteiger partial charge is 0.416 e. The van der Waals surface area contributed by atoms with Crippen molar-refractivity contribution >= 4 is 24.0 Å². The first-order valence-electron chi connectivity index (χ1n) is 9.90. The summed E-state index contributed by atoms with van der Waals surface area (Å²) in [6.45, 7) is 1.47. The van der Waals surface area contributed by atoms with Crippen molar-refractivity contribution in [2.24, 2.45) is 11.7 Å². The molecule has 3 aliphatic rings. The molecular formula is C20H24FN5O4. The number of ether oxygens (including phenoxy) is 2. The Kier molecular flexibility index (Phi) is 5.73. The molecule has 1 saturated heterocycles. The molecule has 0 spiro atoms. The van der Waals surface area contributed by atoms with Crippen LogP contribution in [0.15, 0.2) is 24.4 Å². The third kappa shape index (κ3) is 4.03. The van der Waals surface area contributed by atoms with Gasteiger partial charge >= 0.3 is 6.09 Å². The molecule has 1 aromatic heterocycles. The fraction of sp³-hybridized carbons (Fsp3) is 0.450. The number of primary amides is 1. The maximum Gasteiger partial charge on any atom is 0.416 e. The van der Waals surface area contributed by atoms with Crippen LogP contribution in [0.4, 0.5) is 20.7 Å². The van der Waals surface area contributed by atoms with E-state index in [1.54, 1.807) is 6.20 Å². The summed E-state index contributed by atoms with van der Waals surface area (Å²) in [4.78, 5) is 26.5. The lowest BCUT2D eigenvalue weighted by atomic mass is 10.1. The van der Waals surface area contributed by atoms with Crippen molar-refractivity contribution in [2.45, 2.75) is 25.4 Å². The second-order valence-electron chi connectivity index (χ2n) is 7.39. The summed E-state index contributed by atoms with van der Waals surface area (Å²) in [7, 11) is 0. The number of imidazole rings is 1. The zero-order valence-corrected chi connectivity index (χ0v) is 16.4. The Hall–Kier alpha value is -3.30. The summed E-state index contributed by atoms with van der Waals surface area (Å²) in [6.07, 6.45) is 4.06. The van der Waals surface area contributed by atoms with Gasteiger partial charge in [-0.25, -0.2) is 14.2 Å². The minimum atomic E-state index is -0.663. The molecule has 1 atom stereocenters. The molecule has 2 amide bonds. The summed E-state index contributed by atoms with van der Waals surface area (Å²) in [5.74, 6) is 2.68. The number of anilines is 2. The fourth-order valence-corrected chi connectivity index (χ4v) is 3.53. The van der Waals surface area contributed by atoms with Crippen molar-refractivity contribution in [1.29, 1.82) is 0 Å². The number of carbonyl (C=O) groups excluding carboxylic acids is 2. The number of hydrogen-bond donors (Lipinski definition) is 2. The quantitative estimate of drug-likeness (QED) is 0.721. The number of aromatic nitrogens is 2. The molecule has 160 valence electrons. The van der Waals surface area contributed by atoms with Gasteiger partial charge in [0.2, 0.25) is 6.41 Å². The monoisotopic (exact) mass is 417 g/mol. The second-order valence-corrected chi connectivity index (χ2v) is 7.39. The highest BCUT2D eigenvalue weighted by Gasteiger charge is 2.36. The van der Waals surface area contributed by atoms with Gasteiger partial charge in [-0.2, -0.15) is 0 Å². The number of halogens is 1. The average Bonchev–Trinajstić information content (AvgIpc) is 3.41. The maximum absolute atomic E-state index is 13.2. The van der Waals surface area contributed by atoms with Crippen LogP contribution in [0.5, 0.6) is 5.75 Å². The Morgan fingerprint density at radius 1 is 1.33 bits per heavy atom. The van der Waals surface area contributed by atoms with Crippen LogP contribution in [0.2, 0.25) is 0 Å². The van der Waals surface area contributed by atoms with E-state index in [1.165, 1.54) is 17.7 Å². The highest BCUT2D eigenvalue weighted by Crippen LogP contribution is 2.37. The molecule has 9 nitrogen and oxygen atoms in total. The number of fused-ring (bicyclic) bond motifs is 3. The van der Waals surface area contributed by atoms with E-state index in [0.29, 0.717) is 24.8 Å². The third-order valence-electron chi connectivity index (χ3n) is 5.25. The van der Waals surface area contributed by atoms with Crippen LogP contribution in [0, 0.1) is 5.92 Å². The number of hydrogen-bond acceptors (Lipinski definition) is 6. The Labute approximate surface area is 172 Å². The minimum Gasteiger partial charge on any atom is -0.491 e. The van der Waals surface area contributed by atoms with Crippen molar-refractivity contribution in [1.82, 2.24) is 9.55 Å². The molecule has 2 aliphatic heterocycles. The van der Waals surface area contributed by atoms with E-state index in [9.17, 15) is 9.18 Å². The molecule has 30 heavy (non-hydrogen) atoms. The van der Waals surface area contributed by atoms with Gasteiger partial charge in [-0.15, -0.1) is 0 Å². The molecule has 2 aromatic rings. The van der Waals surface area contributed by atoms with E-state index in [2.05, 4.69) is 16.0 Å². The molecule has 10 heteroatoms. The van der Waals surface area contributed by atoms with Crippen LogP contribution >= 0.6 is 0 Å². The average molecular weight is 417 g/mol. The lowest BCUT2D eigenvalue weighted by molar-refractivity contribution is -0.106. The van der Waals surface area contributed by atoms with Crippen LogP contribution in [0.3, 0.4) is 0 Å². The van der Waals surface area contributed by atoms with Crippen LogP contribution < -0.4 is 20.7 Å². The molecule has 0 unspecified atom stereocenters. The summed E-state index contributed by atoms with van der Waals surface area (Å²) in [5, 5.41) is 3.45. The Morgan fingerprint density at radius 3 is 2.87 bits per heavy atom. The normalized spacial score (nSPS) is 19.4. The van der Waals surface area contributed by atoms with E-state index in [0.717, 1.165) is 29.5 Å². The predicted octanol–water partition coefficient (Wildman–Crippen LogP) is 2.16. The summed E-state index contributed by atoms with van der Waals surface area (Å²) in [6, 6.07) is 5.37. The molecule has 3 heterocycles. The Morgan fingerprint density at radius 2 is 2.13 bits per heavy atom. The van der Waals surface area contributed by atoms with Crippen molar-refractivity contribution in [3.05, 3.63) is 24.4 Å². The van der Waals surface area contributed by atoms with Crippen LogP contribution in [-0.4, -0.2) is 54.5 Å². The molecule has 1 aromatic carbocycles. The highest BCUT2D eigenvalue weighted by atomic mass is 19.1. The molecule has 3 N–H and O–H groups in total. The lowest BCUT2D eigenvalue weighted by Gasteiger charge is -2.15. The molecule has 1 saturated carbocycles. The molecule has 0 bridgehead atoms. The number of nitrogens with two attached hydrogens (primary N) is 1. The third-order valence-corrected chi connectivity index (χ3v) is 5.25. The van der Waals surface area contributed by atoms with Crippen LogP contribution in [-0.2, 0) is 16.1 Å². The van der Waals surface area contributed by atoms with E-state index in [1.807, 2.05) is 22.8 Å². The first-order chi connectivity index (χ1) is 14.6. The van der Waals surface area contributed by atoms with E-state index in [-0.39, 0.29) is 13.0 Å². The van der Waals surface area contributed by atoms with E-state index in [4.69, 9.17) is 14.3 Å². The number of rotatable bonds is 5. The first kappa shape index (κ1) is 20.0. The zero-order chi connectivity index (χ0) is 21.1. The maximum atomic E-state index is 13.2. The number of nitrogens with one attached hydrogen (secondary N) is 1. The van der Waals surface area contributed by atoms with E-state index >= 15 is 0 Å². The second kappa shape index (κ2) is 8.60. The molecule has 1 aliphatic carbocycles. The number of carbonyl (C=O) groups is 2. The predicted molar refractivity (Wildman–Crippen MR) is 108 cm³/mol. The van der Waals surface area contributed by atoms with Gasteiger partial charge in [0.1, 0.15) is 37.5 Å². The molecule has 2 fully saturated rings. The summed E-state index contributed by atoms with van der Waals surface area (Å²) >= 11 is 0. The molecular weight excluding hydrogens is 393 g/mol. The number of nitrogens with zero attached hydrogens (tertiary/aromatic N) is 3. The zero-order valence-electron chi connectivity index (χ0n) is 16.4. The SMILES string of the molecule is NC=O.O=C1OC[C@@H](CF)N1c1cn2c(n1)-c1ccc(NCC3CC3)cc1OCC2. The lowest BCUT2D eigenvalue weighted by Crippen LogP contribution is -2.35. The van der Waals surface area contributed by atoms with Gasteiger partial charge in [-0.3, -0.25) is 9.69 Å². The van der Waals surface area contributed by atoms with Gasteiger partial charge in [0.15, 0.2) is 5.82 Å². The number of benzene rings is 1. The van der Waals surface area contributed by atoms with Gasteiger partial charge in [-0.1, -0.05) is 0 Å². The largest absolute Gasteiger partial charge is 0.491 e. The minimum absolute atomic E-state index is 0.0489. The molecule has 5 rings (SSSR count). The Balaban J connectivity index is 0.000000687. The first-order valence-corrected chi connectivity index (χ1v) is 9.90. The molecule has 0 radical (unpaired) electrons. The topological polar surface area (TPSA) is 112 Å². The summed E-state index contributed by atoms with van der Waals surface area (Å²) < 4.78 is 26.1. The van der Waals surface area contributed by atoms with Crippen molar-refractivity contribution in [3.8, 4) is 17.1 Å².